The van der Waals surface area contributed by atoms with E-state index in [1.807, 2.05) is 23.5 Å². The molecule has 0 radical (unpaired) electrons. The Morgan fingerprint density at radius 3 is 1.97 bits per heavy atom. The molecule has 194 valence electrons. The molecule has 7 heteroatoms. The van der Waals surface area contributed by atoms with Crippen molar-refractivity contribution in [2.24, 2.45) is 11.6 Å². The van der Waals surface area contributed by atoms with Crippen LogP contribution in [0.2, 0.25) is 0 Å². The molecule has 0 saturated heterocycles. The van der Waals surface area contributed by atoms with Crippen LogP contribution in [-0.4, -0.2) is 24.0 Å². The maximum Gasteiger partial charge on any atom is 0.233 e. The van der Waals surface area contributed by atoms with Crippen LogP contribution in [0.5, 0.6) is 0 Å². The molecule has 4 rings (SSSR count). The number of carbonyl (C=O) groups excluding carboxylic acids is 1. The molecule has 0 aromatic heterocycles. The van der Waals surface area contributed by atoms with Crippen molar-refractivity contribution >= 4 is 46.4 Å². The molecule has 37 heavy (non-hydrogen) atoms. The fourth-order valence-corrected chi connectivity index (χ4v) is 7.10. The van der Waals surface area contributed by atoms with Gasteiger partial charge in [0.2, 0.25) is 5.91 Å². The summed E-state index contributed by atoms with van der Waals surface area (Å²) >= 11 is 3.85. The zero-order valence-corrected chi connectivity index (χ0v) is 22.8. The quantitative estimate of drug-likeness (QED) is 0.102. The Hall–Kier alpha value is -2.71. The van der Waals surface area contributed by atoms with Crippen LogP contribution in [0, 0.1) is 0 Å². The van der Waals surface area contributed by atoms with Crippen molar-refractivity contribution in [2.45, 2.75) is 38.6 Å². The first-order chi connectivity index (χ1) is 18.2. The number of hydrogen-bond donors (Lipinski definition) is 3. The van der Waals surface area contributed by atoms with E-state index in [0.717, 1.165) is 43.7 Å². The molecule has 0 fully saturated rings. The molecule has 0 spiro atoms. The summed E-state index contributed by atoms with van der Waals surface area (Å²) in [6.45, 7) is 1.52. The van der Waals surface area contributed by atoms with Crippen LogP contribution in [0.3, 0.4) is 0 Å². The number of nitrogens with zero attached hydrogens (tertiary/aromatic N) is 1. The Labute approximate surface area is 229 Å². The average Bonchev–Trinajstić information content (AvgIpc) is 2.94. The van der Waals surface area contributed by atoms with Crippen molar-refractivity contribution in [1.82, 2.24) is 5.43 Å². The Morgan fingerprint density at radius 1 is 0.757 bits per heavy atom. The minimum Gasteiger partial charge on any atom is -0.336 e. The van der Waals surface area contributed by atoms with Crippen LogP contribution < -0.4 is 21.9 Å². The summed E-state index contributed by atoms with van der Waals surface area (Å²) in [4.78, 5) is 13.9. The third kappa shape index (κ3) is 7.20. The maximum atomic E-state index is 11.4. The second-order valence-electron chi connectivity index (χ2n) is 8.99. The van der Waals surface area contributed by atoms with Gasteiger partial charge in [-0.25, -0.2) is 5.84 Å². The number of anilines is 2. The number of nitrogens with one attached hydrogen (secondary N) is 1. The van der Waals surface area contributed by atoms with E-state index in [4.69, 9.17) is 11.6 Å². The van der Waals surface area contributed by atoms with Gasteiger partial charge in [-0.15, -0.1) is 23.5 Å². The van der Waals surface area contributed by atoms with E-state index in [1.165, 1.54) is 37.9 Å². The summed E-state index contributed by atoms with van der Waals surface area (Å²) in [6, 6.07) is 28.2. The van der Waals surface area contributed by atoms with E-state index in [-0.39, 0.29) is 5.91 Å². The highest BCUT2D eigenvalue weighted by molar-refractivity contribution is 8.22. The molecule has 3 aromatic rings. The van der Waals surface area contributed by atoms with E-state index in [0.29, 0.717) is 13.0 Å². The van der Waals surface area contributed by atoms with E-state index in [1.54, 1.807) is 0 Å². The normalized spacial score (nSPS) is 12.2. The Kier molecular flexibility index (Phi) is 10.6. The van der Waals surface area contributed by atoms with Gasteiger partial charge in [0.15, 0.2) is 0 Å². The number of fused-ring (bicyclic) bond motifs is 2. The van der Waals surface area contributed by atoms with Crippen LogP contribution in [0.1, 0.15) is 48.8 Å². The minimum absolute atomic E-state index is 0.0942. The number of hydrogen-bond acceptors (Lipinski definition) is 6. The Balaban J connectivity index is 1.66. The summed E-state index contributed by atoms with van der Waals surface area (Å²) in [6.07, 6.45) is 4.39. The van der Waals surface area contributed by atoms with E-state index < -0.39 is 0 Å². The molecule has 0 saturated carbocycles. The summed E-state index contributed by atoms with van der Waals surface area (Å²) in [5, 5.41) is 0. The van der Waals surface area contributed by atoms with Gasteiger partial charge in [-0.05, 0) is 55.0 Å². The highest BCUT2D eigenvalue weighted by atomic mass is 32.2. The van der Waals surface area contributed by atoms with Gasteiger partial charge in [-0.3, -0.25) is 10.2 Å². The smallest absolute Gasteiger partial charge is 0.233 e. The Morgan fingerprint density at radius 2 is 1.35 bits per heavy atom. The molecular weight excluding hydrogens is 496 g/mol. The SMILES string of the molecule is NCCCSC(SCCCCCC(=O)NN)=C1c2ccccc2N(Cc2ccccc2)c2ccccc21. The van der Waals surface area contributed by atoms with Gasteiger partial charge < -0.3 is 10.6 Å². The predicted octanol–water partition coefficient (Wildman–Crippen LogP) is 6.42. The largest absolute Gasteiger partial charge is 0.336 e. The van der Waals surface area contributed by atoms with Crippen molar-refractivity contribution in [2.75, 3.05) is 23.0 Å². The molecule has 5 N–H and O–H groups in total. The third-order valence-electron chi connectivity index (χ3n) is 6.34. The maximum absolute atomic E-state index is 11.4. The van der Waals surface area contributed by atoms with Gasteiger partial charge in [-0.1, -0.05) is 73.2 Å². The lowest BCUT2D eigenvalue weighted by molar-refractivity contribution is -0.121. The number of nitrogens with two attached hydrogens (primary N) is 2. The summed E-state index contributed by atoms with van der Waals surface area (Å²) in [5.74, 6) is 7.11. The molecule has 1 aliphatic rings. The molecule has 0 aliphatic carbocycles. The van der Waals surface area contributed by atoms with Crippen molar-refractivity contribution in [1.29, 1.82) is 0 Å². The number of benzene rings is 3. The molecular formula is C30H36N4OS2. The van der Waals surface area contributed by atoms with Crippen LogP contribution >= 0.6 is 23.5 Å². The molecule has 1 aliphatic heterocycles. The highest BCUT2D eigenvalue weighted by Gasteiger charge is 2.28. The summed E-state index contributed by atoms with van der Waals surface area (Å²) in [7, 11) is 0. The second-order valence-corrected chi connectivity index (χ2v) is 11.5. The standard InChI is InChI=1S/C30H36N4OS2/c31-19-11-21-37-30(36-20-10-2-5-18-28(35)33-32)29-24-14-6-8-16-26(24)34(22-23-12-3-1-4-13-23)27-17-9-7-15-25(27)29/h1,3-4,6-9,12-17H,2,5,10-11,18-22,31-32H2,(H,33,35). The van der Waals surface area contributed by atoms with E-state index >= 15 is 0 Å². The number of hydrazine groups is 1. The van der Waals surface area contributed by atoms with Gasteiger partial charge >= 0.3 is 0 Å². The zero-order chi connectivity index (χ0) is 25.9. The van der Waals surface area contributed by atoms with Crippen LogP contribution in [0.4, 0.5) is 11.4 Å². The van der Waals surface area contributed by atoms with Gasteiger partial charge in [0.25, 0.3) is 0 Å². The van der Waals surface area contributed by atoms with Gasteiger partial charge in [0, 0.05) is 45.3 Å². The molecule has 0 bridgehead atoms. The van der Waals surface area contributed by atoms with E-state index in [2.05, 4.69) is 89.2 Å². The fraction of sp³-hybridized carbons (Fsp3) is 0.300. The van der Waals surface area contributed by atoms with Crippen molar-refractivity contribution in [3.05, 3.63) is 99.8 Å². The van der Waals surface area contributed by atoms with Crippen molar-refractivity contribution in [3.8, 4) is 0 Å². The van der Waals surface area contributed by atoms with Gasteiger partial charge in [0.05, 0.1) is 0 Å². The lowest BCUT2D eigenvalue weighted by atomic mass is 9.91. The fourth-order valence-electron chi connectivity index (χ4n) is 4.51. The van der Waals surface area contributed by atoms with Gasteiger partial charge in [0.1, 0.15) is 0 Å². The summed E-state index contributed by atoms with van der Waals surface area (Å²) in [5.41, 5.74) is 15.7. The average molecular weight is 533 g/mol. The zero-order valence-electron chi connectivity index (χ0n) is 21.2. The van der Waals surface area contributed by atoms with E-state index in [9.17, 15) is 4.79 Å². The molecule has 1 amide bonds. The van der Waals surface area contributed by atoms with Crippen LogP contribution in [0.25, 0.3) is 5.57 Å². The van der Waals surface area contributed by atoms with Crippen LogP contribution in [-0.2, 0) is 11.3 Å². The monoisotopic (exact) mass is 532 g/mol. The predicted molar refractivity (Wildman–Crippen MR) is 161 cm³/mol. The molecule has 0 unspecified atom stereocenters. The van der Waals surface area contributed by atoms with Crippen LogP contribution in [0.15, 0.2) is 83.1 Å². The molecule has 3 aromatic carbocycles. The number of amides is 1. The number of thioether (sulfide) groups is 2. The minimum atomic E-state index is -0.0942. The molecule has 1 heterocycles. The number of carbonyl (C=O) groups is 1. The molecule has 0 atom stereocenters. The first-order valence-corrected chi connectivity index (χ1v) is 14.9. The first-order valence-electron chi connectivity index (χ1n) is 12.9. The lowest BCUT2D eigenvalue weighted by Gasteiger charge is -2.35. The third-order valence-corrected chi connectivity index (χ3v) is 8.97. The lowest BCUT2D eigenvalue weighted by Crippen LogP contribution is -2.29. The molecule has 5 nitrogen and oxygen atoms in total. The topological polar surface area (TPSA) is 84.4 Å². The van der Waals surface area contributed by atoms with Crippen molar-refractivity contribution in [3.63, 3.8) is 0 Å². The highest BCUT2D eigenvalue weighted by Crippen LogP contribution is 2.50. The first kappa shape index (κ1) is 27.3. The van der Waals surface area contributed by atoms with Gasteiger partial charge in [-0.2, -0.15) is 0 Å². The van der Waals surface area contributed by atoms with Crippen molar-refractivity contribution < 1.29 is 4.79 Å². The number of unbranched alkanes of at least 4 members (excludes halogenated alkanes) is 2. The summed E-state index contributed by atoms with van der Waals surface area (Å²) < 4.78 is 1.35. The number of para-hydroxylation sites is 2. The Bertz CT molecular complexity index is 1150. The second kappa shape index (κ2) is 14.3. The number of rotatable bonds is 13.